The van der Waals surface area contributed by atoms with Gasteiger partial charge in [-0.2, -0.15) is 0 Å². The number of carbonyl (C=O) groups is 1. The van der Waals surface area contributed by atoms with Crippen LogP contribution >= 0.6 is 0 Å². The summed E-state index contributed by atoms with van der Waals surface area (Å²) in [4.78, 5) is 11.7. The summed E-state index contributed by atoms with van der Waals surface area (Å²) in [6.45, 7) is 3.31. The lowest BCUT2D eigenvalue weighted by molar-refractivity contribution is 0.0700. The van der Waals surface area contributed by atoms with Crippen LogP contribution in [0.3, 0.4) is 0 Å². The second-order valence-corrected chi connectivity index (χ2v) is 3.95. The molecule has 2 heteroatoms. The van der Waals surface area contributed by atoms with Gasteiger partial charge in [0, 0.05) is 11.5 Å². The van der Waals surface area contributed by atoms with Gasteiger partial charge in [-0.05, 0) is 18.9 Å². The van der Waals surface area contributed by atoms with Crippen LogP contribution < -0.4 is 0 Å². The molecular formula is C12H13FO. The van der Waals surface area contributed by atoms with Gasteiger partial charge in [-0.25, -0.2) is 4.39 Å². The molecule has 0 saturated carbocycles. The molecule has 14 heavy (non-hydrogen) atoms. The zero-order chi connectivity index (χ0) is 10.3. The van der Waals surface area contributed by atoms with E-state index < -0.39 is 5.67 Å². The standard InChI is InChI=1S/C12H13FO/c1-3-10-8-6-4-5-7-9(8)11(14)12(10,2)13/h4-7,10H,3H2,1-2H3/t10-,12?/m0/s1. The highest BCUT2D eigenvalue weighted by molar-refractivity contribution is 6.07. The molecule has 1 nitrogen and oxygen atoms in total. The molecule has 1 unspecified atom stereocenters. The third-order valence-electron chi connectivity index (χ3n) is 3.09. The Morgan fingerprint density at radius 1 is 1.43 bits per heavy atom. The summed E-state index contributed by atoms with van der Waals surface area (Å²) in [5, 5.41) is 0. The maximum Gasteiger partial charge on any atom is 0.200 e. The molecule has 0 heterocycles. The topological polar surface area (TPSA) is 17.1 Å². The lowest BCUT2D eigenvalue weighted by Crippen LogP contribution is -2.29. The largest absolute Gasteiger partial charge is 0.291 e. The SMILES string of the molecule is CC[C@H]1c2ccccc2C(=O)C1(C)F. The second kappa shape index (κ2) is 2.91. The Morgan fingerprint density at radius 2 is 2.07 bits per heavy atom. The van der Waals surface area contributed by atoms with Crippen molar-refractivity contribution in [2.45, 2.75) is 31.9 Å². The zero-order valence-corrected chi connectivity index (χ0v) is 8.38. The molecule has 0 bridgehead atoms. The molecule has 0 aromatic heterocycles. The summed E-state index contributed by atoms with van der Waals surface area (Å²) >= 11 is 0. The number of ketones is 1. The Bertz CT molecular complexity index is 382. The average molecular weight is 192 g/mol. The number of hydrogen-bond donors (Lipinski definition) is 0. The van der Waals surface area contributed by atoms with Crippen molar-refractivity contribution in [1.29, 1.82) is 0 Å². The highest BCUT2D eigenvalue weighted by Gasteiger charge is 2.49. The van der Waals surface area contributed by atoms with Crippen LogP contribution in [0.5, 0.6) is 0 Å². The first-order chi connectivity index (χ1) is 6.59. The quantitative estimate of drug-likeness (QED) is 0.668. The van der Waals surface area contributed by atoms with Crippen LogP contribution in [-0.4, -0.2) is 11.5 Å². The van der Waals surface area contributed by atoms with Gasteiger partial charge in [0.15, 0.2) is 5.67 Å². The zero-order valence-electron chi connectivity index (χ0n) is 8.38. The van der Waals surface area contributed by atoms with Crippen molar-refractivity contribution in [3.05, 3.63) is 35.4 Å². The Kier molecular flexibility index (Phi) is 1.95. The fourth-order valence-corrected chi connectivity index (χ4v) is 2.32. The number of rotatable bonds is 1. The van der Waals surface area contributed by atoms with E-state index in [0.29, 0.717) is 12.0 Å². The highest BCUT2D eigenvalue weighted by Crippen LogP contribution is 2.44. The molecule has 1 aromatic rings. The van der Waals surface area contributed by atoms with Crippen molar-refractivity contribution in [3.63, 3.8) is 0 Å². The van der Waals surface area contributed by atoms with Crippen molar-refractivity contribution in [1.82, 2.24) is 0 Å². The normalized spacial score (nSPS) is 30.5. The Morgan fingerprint density at radius 3 is 2.71 bits per heavy atom. The van der Waals surface area contributed by atoms with Crippen LogP contribution in [0.15, 0.2) is 24.3 Å². The number of Topliss-reactive ketones (excluding diaryl/α,β-unsaturated/α-hetero) is 1. The average Bonchev–Trinajstić information content (AvgIpc) is 2.36. The number of benzene rings is 1. The molecule has 1 aliphatic rings. The smallest absolute Gasteiger partial charge is 0.200 e. The number of carbonyl (C=O) groups excluding carboxylic acids is 1. The van der Waals surface area contributed by atoms with Crippen LogP contribution in [0.25, 0.3) is 0 Å². The van der Waals surface area contributed by atoms with Crippen LogP contribution in [0, 0.1) is 0 Å². The van der Waals surface area contributed by atoms with E-state index in [2.05, 4.69) is 0 Å². The first-order valence-corrected chi connectivity index (χ1v) is 4.91. The van der Waals surface area contributed by atoms with Gasteiger partial charge in [0.05, 0.1) is 0 Å². The Labute approximate surface area is 82.9 Å². The number of alkyl halides is 1. The predicted molar refractivity (Wildman–Crippen MR) is 53.3 cm³/mol. The molecule has 0 N–H and O–H groups in total. The number of hydrogen-bond acceptors (Lipinski definition) is 1. The van der Waals surface area contributed by atoms with E-state index >= 15 is 0 Å². The van der Waals surface area contributed by atoms with Crippen LogP contribution in [0.1, 0.15) is 42.1 Å². The minimum atomic E-state index is -1.71. The van der Waals surface area contributed by atoms with Gasteiger partial charge >= 0.3 is 0 Å². The summed E-state index contributed by atoms with van der Waals surface area (Å²) in [5.41, 5.74) is -0.285. The van der Waals surface area contributed by atoms with Crippen LogP contribution in [-0.2, 0) is 0 Å². The second-order valence-electron chi connectivity index (χ2n) is 3.95. The summed E-state index contributed by atoms with van der Waals surface area (Å²) in [6, 6.07) is 7.21. The molecule has 1 aromatic carbocycles. The van der Waals surface area contributed by atoms with Crippen LogP contribution in [0.2, 0.25) is 0 Å². The summed E-state index contributed by atoms with van der Waals surface area (Å²) in [7, 11) is 0. The highest BCUT2D eigenvalue weighted by atomic mass is 19.1. The van der Waals surface area contributed by atoms with E-state index in [4.69, 9.17) is 0 Å². The van der Waals surface area contributed by atoms with E-state index in [1.807, 2.05) is 19.1 Å². The molecule has 2 rings (SSSR count). The molecule has 2 atom stereocenters. The Hall–Kier alpha value is -1.18. The molecule has 0 spiro atoms. The molecule has 74 valence electrons. The maximum absolute atomic E-state index is 14.1. The molecular weight excluding hydrogens is 179 g/mol. The van der Waals surface area contributed by atoms with E-state index in [9.17, 15) is 9.18 Å². The van der Waals surface area contributed by atoms with Crippen molar-refractivity contribution >= 4 is 5.78 Å². The fourth-order valence-electron chi connectivity index (χ4n) is 2.32. The van der Waals surface area contributed by atoms with E-state index in [1.54, 1.807) is 12.1 Å². The molecule has 0 aliphatic heterocycles. The van der Waals surface area contributed by atoms with Gasteiger partial charge in [-0.15, -0.1) is 0 Å². The molecule has 0 radical (unpaired) electrons. The van der Waals surface area contributed by atoms with Crippen molar-refractivity contribution in [3.8, 4) is 0 Å². The van der Waals surface area contributed by atoms with Crippen molar-refractivity contribution in [2.75, 3.05) is 0 Å². The maximum atomic E-state index is 14.1. The van der Waals surface area contributed by atoms with Gasteiger partial charge in [0.2, 0.25) is 5.78 Å². The molecule has 1 aliphatic carbocycles. The van der Waals surface area contributed by atoms with Gasteiger partial charge in [-0.1, -0.05) is 31.2 Å². The lowest BCUT2D eigenvalue weighted by atomic mass is 9.89. The predicted octanol–water partition coefficient (Wildman–Crippen LogP) is 3.10. The summed E-state index contributed by atoms with van der Waals surface area (Å²) < 4.78 is 14.1. The number of halogens is 1. The molecule has 0 saturated heterocycles. The Balaban J connectivity index is 2.61. The summed E-state index contributed by atoms with van der Waals surface area (Å²) in [5.74, 6) is -0.633. The number of fused-ring (bicyclic) bond motifs is 1. The van der Waals surface area contributed by atoms with Gasteiger partial charge in [0.1, 0.15) is 0 Å². The minimum Gasteiger partial charge on any atom is -0.291 e. The first-order valence-electron chi connectivity index (χ1n) is 4.91. The lowest BCUT2D eigenvalue weighted by Gasteiger charge is -2.20. The van der Waals surface area contributed by atoms with Gasteiger partial charge in [0.25, 0.3) is 0 Å². The molecule has 0 fully saturated rings. The van der Waals surface area contributed by atoms with Crippen molar-refractivity contribution in [2.24, 2.45) is 0 Å². The van der Waals surface area contributed by atoms with E-state index in [0.717, 1.165) is 5.56 Å². The summed E-state index contributed by atoms with van der Waals surface area (Å²) in [6.07, 6.45) is 0.662. The minimum absolute atomic E-state index is 0.272. The van der Waals surface area contributed by atoms with E-state index in [1.165, 1.54) is 6.92 Å². The third-order valence-corrected chi connectivity index (χ3v) is 3.09. The van der Waals surface area contributed by atoms with Crippen LogP contribution in [0.4, 0.5) is 4.39 Å². The molecule has 0 amide bonds. The first kappa shape index (κ1) is 9.38. The van der Waals surface area contributed by atoms with Crippen molar-refractivity contribution < 1.29 is 9.18 Å². The third kappa shape index (κ3) is 1.03. The van der Waals surface area contributed by atoms with Gasteiger partial charge in [-0.3, -0.25) is 4.79 Å². The van der Waals surface area contributed by atoms with Gasteiger partial charge < -0.3 is 0 Å². The van der Waals surface area contributed by atoms with E-state index in [-0.39, 0.29) is 11.7 Å². The fraction of sp³-hybridized carbons (Fsp3) is 0.417. The monoisotopic (exact) mass is 192 g/mol.